The van der Waals surface area contributed by atoms with Crippen LogP contribution in [0.1, 0.15) is 73.1 Å². The summed E-state index contributed by atoms with van der Waals surface area (Å²) in [6.07, 6.45) is 8.55. The molecule has 0 bridgehead atoms. The summed E-state index contributed by atoms with van der Waals surface area (Å²) in [7, 11) is 0. The lowest BCUT2D eigenvalue weighted by Gasteiger charge is -2.45. The maximum absolute atomic E-state index is 3.77. The largest absolute Gasteiger partial charge is 0.314 e. The minimum absolute atomic E-state index is 0.527. The zero-order valence-electron chi connectivity index (χ0n) is 15.1. The Labute approximate surface area is 133 Å². The van der Waals surface area contributed by atoms with Crippen LogP contribution in [0.5, 0.6) is 0 Å². The van der Waals surface area contributed by atoms with E-state index < -0.39 is 0 Å². The van der Waals surface area contributed by atoms with Gasteiger partial charge in [-0.1, -0.05) is 47.5 Å². The molecule has 0 aromatic rings. The molecule has 3 unspecified atom stereocenters. The molecule has 0 aromatic carbocycles. The Morgan fingerprint density at radius 1 is 1.14 bits per heavy atom. The predicted molar refractivity (Wildman–Crippen MR) is 92.6 cm³/mol. The zero-order valence-corrected chi connectivity index (χ0v) is 15.1. The first-order valence-corrected chi connectivity index (χ1v) is 9.39. The van der Waals surface area contributed by atoms with Crippen LogP contribution >= 0.6 is 0 Å². The molecule has 0 aromatic heterocycles. The molecule has 1 N–H and O–H groups in total. The minimum atomic E-state index is 0.527. The number of nitrogens with zero attached hydrogens (tertiary/aromatic N) is 1. The van der Waals surface area contributed by atoms with Crippen LogP contribution in [0.3, 0.4) is 0 Å². The van der Waals surface area contributed by atoms with E-state index in [1.807, 2.05) is 0 Å². The van der Waals surface area contributed by atoms with Crippen LogP contribution in [0.2, 0.25) is 0 Å². The first-order valence-electron chi connectivity index (χ1n) is 9.39. The van der Waals surface area contributed by atoms with Gasteiger partial charge in [0.15, 0.2) is 0 Å². The molecule has 2 aliphatic rings. The van der Waals surface area contributed by atoms with E-state index in [4.69, 9.17) is 0 Å². The maximum atomic E-state index is 3.77. The lowest BCUT2D eigenvalue weighted by molar-refractivity contribution is 0.0625. The van der Waals surface area contributed by atoms with E-state index in [1.165, 1.54) is 58.2 Å². The molecule has 0 spiro atoms. The first-order chi connectivity index (χ1) is 9.92. The summed E-state index contributed by atoms with van der Waals surface area (Å²) in [5.74, 6) is 1.72. The number of hydrogen-bond acceptors (Lipinski definition) is 2. The molecular weight excluding hydrogens is 256 g/mol. The summed E-state index contributed by atoms with van der Waals surface area (Å²) in [5, 5.41) is 3.77. The molecule has 2 rings (SSSR count). The Hall–Kier alpha value is -0.0800. The Morgan fingerprint density at radius 3 is 2.52 bits per heavy atom. The van der Waals surface area contributed by atoms with Crippen LogP contribution in [0.25, 0.3) is 0 Å². The van der Waals surface area contributed by atoms with Gasteiger partial charge in [0.1, 0.15) is 0 Å². The van der Waals surface area contributed by atoms with Gasteiger partial charge in [-0.25, -0.2) is 0 Å². The zero-order chi connectivity index (χ0) is 15.5. The summed E-state index contributed by atoms with van der Waals surface area (Å²) in [6.45, 7) is 15.7. The van der Waals surface area contributed by atoms with E-state index in [1.54, 1.807) is 0 Å². The van der Waals surface area contributed by atoms with Gasteiger partial charge >= 0.3 is 0 Å². The van der Waals surface area contributed by atoms with E-state index in [0.29, 0.717) is 11.5 Å². The summed E-state index contributed by atoms with van der Waals surface area (Å²) >= 11 is 0. The van der Waals surface area contributed by atoms with Gasteiger partial charge in [0.25, 0.3) is 0 Å². The van der Waals surface area contributed by atoms with Gasteiger partial charge in [-0.05, 0) is 49.5 Å². The van der Waals surface area contributed by atoms with Gasteiger partial charge in [-0.2, -0.15) is 0 Å². The quantitative estimate of drug-likeness (QED) is 0.785. The van der Waals surface area contributed by atoms with Crippen molar-refractivity contribution in [1.82, 2.24) is 10.2 Å². The Kier molecular flexibility index (Phi) is 6.14. The van der Waals surface area contributed by atoms with Crippen LogP contribution in [0, 0.1) is 17.3 Å². The fourth-order valence-corrected chi connectivity index (χ4v) is 4.78. The Bertz CT molecular complexity index is 313. The highest BCUT2D eigenvalue weighted by atomic mass is 15.2. The van der Waals surface area contributed by atoms with Crippen LogP contribution < -0.4 is 5.32 Å². The number of likely N-dealkylation sites (tertiary alicyclic amines) is 1. The van der Waals surface area contributed by atoms with Crippen LogP contribution in [0.15, 0.2) is 0 Å². The van der Waals surface area contributed by atoms with Crippen molar-refractivity contribution in [1.29, 1.82) is 0 Å². The number of hydrogen-bond donors (Lipinski definition) is 1. The molecule has 1 heterocycles. The van der Waals surface area contributed by atoms with Crippen molar-refractivity contribution in [3.63, 3.8) is 0 Å². The third kappa shape index (κ3) is 4.69. The molecule has 2 heteroatoms. The molecule has 21 heavy (non-hydrogen) atoms. The molecule has 0 amide bonds. The average molecular weight is 295 g/mol. The van der Waals surface area contributed by atoms with Gasteiger partial charge in [0.2, 0.25) is 0 Å². The van der Waals surface area contributed by atoms with Gasteiger partial charge in [0.05, 0.1) is 0 Å². The Balaban J connectivity index is 2.04. The summed E-state index contributed by atoms with van der Waals surface area (Å²) in [5.41, 5.74) is 0.527. The van der Waals surface area contributed by atoms with Gasteiger partial charge < -0.3 is 5.32 Å². The molecule has 1 saturated carbocycles. The van der Waals surface area contributed by atoms with Crippen LogP contribution in [0.4, 0.5) is 0 Å². The smallest absolute Gasteiger partial charge is 0.0119 e. The lowest BCUT2D eigenvalue weighted by atomic mass is 9.69. The van der Waals surface area contributed by atoms with E-state index >= 15 is 0 Å². The van der Waals surface area contributed by atoms with Crippen LogP contribution in [-0.4, -0.2) is 36.6 Å². The molecule has 1 aliphatic heterocycles. The Morgan fingerprint density at radius 2 is 1.90 bits per heavy atom. The highest BCUT2D eigenvalue weighted by Crippen LogP contribution is 2.41. The standard InChI is InChI=1S/C19H38N2/c1-15(2)18-9-7-11-21(18)14-19(13-20-16(3)4)10-6-8-17(5)12-19/h15-18,20H,6-14H2,1-5H3. The molecular formula is C19H38N2. The van der Waals surface area contributed by atoms with Crippen molar-refractivity contribution < 1.29 is 0 Å². The highest BCUT2D eigenvalue weighted by molar-refractivity contribution is 4.93. The molecule has 1 saturated heterocycles. The second-order valence-electron chi connectivity index (χ2n) is 8.66. The maximum Gasteiger partial charge on any atom is 0.0119 e. The second kappa shape index (κ2) is 7.46. The molecule has 3 atom stereocenters. The SMILES string of the molecule is CC1CCCC(CNC(C)C)(CN2CCCC2C(C)C)C1. The topological polar surface area (TPSA) is 15.3 Å². The van der Waals surface area contributed by atoms with E-state index in [9.17, 15) is 0 Å². The third-order valence-electron chi connectivity index (χ3n) is 5.79. The fourth-order valence-electron chi connectivity index (χ4n) is 4.78. The number of nitrogens with one attached hydrogen (secondary N) is 1. The monoisotopic (exact) mass is 294 g/mol. The van der Waals surface area contributed by atoms with Gasteiger partial charge in [0, 0.05) is 25.2 Å². The van der Waals surface area contributed by atoms with Crippen molar-refractivity contribution in [3.8, 4) is 0 Å². The average Bonchev–Trinajstić information content (AvgIpc) is 2.84. The third-order valence-corrected chi connectivity index (χ3v) is 5.79. The van der Waals surface area contributed by atoms with Crippen molar-refractivity contribution >= 4 is 0 Å². The predicted octanol–water partition coefficient (Wildman–Crippen LogP) is 4.30. The van der Waals surface area contributed by atoms with Gasteiger partial charge in [-0.3, -0.25) is 4.90 Å². The van der Waals surface area contributed by atoms with Crippen molar-refractivity contribution in [2.75, 3.05) is 19.6 Å². The lowest BCUT2D eigenvalue weighted by Crippen LogP contribution is -2.49. The molecule has 2 nitrogen and oxygen atoms in total. The van der Waals surface area contributed by atoms with Crippen LogP contribution in [-0.2, 0) is 0 Å². The van der Waals surface area contributed by atoms with Gasteiger partial charge in [-0.15, -0.1) is 0 Å². The molecule has 2 fully saturated rings. The molecule has 124 valence electrons. The molecule has 0 radical (unpaired) electrons. The summed E-state index contributed by atoms with van der Waals surface area (Å²) in [4.78, 5) is 2.84. The van der Waals surface area contributed by atoms with Crippen molar-refractivity contribution in [2.24, 2.45) is 17.3 Å². The second-order valence-corrected chi connectivity index (χ2v) is 8.66. The van der Waals surface area contributed by atoms with E-state index in [0.717, 1.165) is 17.9 Å². The summed E-state index contributed by atoms with van der Waals surface area (Å²) in [6, 6.07) is 1.44. The minimum Gasteiger partial charge on any atom is -0.314 e. The first kappa shape index (κ1) is 17.3. The normalized spacial score (nSPS) is 35.0. The fraction of sp³-hybridized carbons (Fsp3) is 1.00. The molecule has 1 aliphatic carbocycles. The van der Waals surface area contributed by atoms with Crippen molar-refractivity contribution in [2.45, 2.75) is 85.2 Å². The van der Waals surface area contributed by atoms with E-state index in [-0.39, 0.29) is 0 Å². The summed E-state index contributed by atoms with van der Waals surface area (Å²) < 4.78 is 0. The highest BCUT2D eigenvalue weighted by Gasteiger charge is 2.39. The number of rotatable bonds is 6. The van der Waals surface area contributed by atoms with Crippen molar-refractivity contribution in [3.05, 3.63) is 0 Å². The van der Waals surface area contributed by atoms with E-state index in [2.05, 4.69) is 44.8 Å².